The van der Waals surface area contributed by atoms with Crippen LogP contribution in [0.2, 0.25) is 0 Å². The van der Waals surface area contributed by atoms with Crippen LogP contribution in [-0.2, 0) is 17.9 Å². The number of aromatic nitrogens is 6. The number of carbonyl (C=O) groups is 1. The van der Waals surface area contributed by atoms with Gasteiger partial charge in [0.2, 0.25) is 5.91 Å². The highest BCUT2D eigenvalue weighted by molar-refractivity contribution is 5.93. The van der Waals surface area contributed by atoms with E-state index in [1.54, 1.807) is 30.2 Å². The standard InChI is InChI=1S/C16H20N8O3/c1-4-21-7-13(5-17-21)8-22-9-14(6-18-22)19-16(25)12(3)23-10-15(24(26)27)11(2)20-23/h5-7,9-10,12H,4,8H2,1-3H3,(H,19,25). The third-order valence-electron chi connectivity index (χ3n) is 4.12. The predicted molar refractivity (Wildman–Crippen MR) is 96.2 cm³/mol. The minimum atomic E-state index is -0.705. The fraction of sp³-hybridized carbons (Fsp3) is 0.375. The molecule has 3 rings (SSSR count). The zero-order valence-electron chi connectivity index (χ0n) is 15.2. The Kier molecular flexibility index (Phi) is 5.01. The summed E-state index contributed by atoms with van der Waals surface area (Å²) in [5, 5.41) is 26.2. The van der Waals surface area contributed by atoms with E-state index in [2.05, 4.69) is 20.6 Å². The lowest BCUT2D eigenvalue weighted by molar-refractivity contribution is -0.385. The number of anilines is 1. The molecule has 0 bridgehead atoms. The molecule has 0 spiro atoms. The number of nitrogens with zero attached hydrogens (tertiary/aromatic N) is 7. The van der Waals surface area contributed by atoms with Gasteiger partial charge in [-0.1, -0.05) is 0 Å². The van der Waals surface area contributed by atoms with Crippen LogP contribution in [0.3, 0.4) is 0 Å². The van der Waals surface area contributed by atoms with Gasteiger partial charge in [0, 0.05) is 24.5 Å². The van der Waals surface area contributed by atoms with Gasteiger partial charge >= 0.3 is 5.69 Å². The quantitative estimate of drug-likeness (QED) is 0.497. The van der Waals surface area contributed by atoms with Crippen LogP contribution in [-0.4, -0.2) is 40.2 Å². The van der Waals surface area contributed by atoms with Gasteiger partial charge in [0.1, 0.15) is 17.9 Å². The van der Waals surface area contributed by atoms with Gasteiger partial charge in [-0.2, -0.15) is 15.3 Å². The number of nitro groups is 1. The average molecular weight is 372 g/mol. The highest BCUT2D eigenvalue weighted by Crippen LogP contribution is 2.19. The molecule has 0 aliphatic carbocycles. The second-order valence-electron chi connectivity index (χ2n) is 6.13. The Morgan fingerprint density at radius 1 is 1.26 bits per heavy atom. The van der Waals surface area contributed by atoms with Gasteiger partial charge in [-0.3, -0.25) is 29.0 Å². The third-order valence-corrected chi connectivity index (χ3v) is 4.12. The van der Waals surface area contributed by atoms with Crippen molar-refractivity contribution >= 4 is 17.3 Å². The fourth-order valence-corrected chi connectivity index (χ4v) is 2.58. The van der Waals surface area contributed by atoms with Gasteiger partial charge < -0.3 is 5.32 Å². The van der Waals surface area contributed by atoms with E-state index < -0.39 is 11.0 Å². The topological polar surface area (TPSA) is 126 Å². The van der Waals surface area contributed by atoms with E-state index in [1.165, 1.54) is 17.8 Å². The highest BCUT2D eigenvalue weighted by atomic mass is 16.6. The van der Waals surface area contributed by atoms with Gasteiger partial charge in [0.05, 0.1) is 29.5 Å². The number of nitrogens with one attached hydrogen (secondary N) is 1. The van der Waals surface area contributed by atoms with Crippen LogP contribution >= 0.6 is 0 Å². The van der Waals surface area contributed by atoms with Crippen molar-refractivity contribution in [2.45, 2.75) is 39.9 Å². The molecule has 3 heterocycles. The van der Waals surface area contributed by atoms with Crippen LogP contribution < -0.4 is 5.32 Å². The normalized spacial score (nSPS) is 12.1. The molecule has 11 nitrogen and oxygen atoms in total. The molecule has 0 aliphatic rings. The van der Waals surface area contributed by atoms with Crippen molar-refractivity contribution in [1.82, 2.24) is 29.3 Å². The maximum absolute atomic E-state index is 12.4. The second-order valence-corrected chi connectivity index (χ2v) is 6.13. The number of amides is 1. The third kappa shape index (κ3) is 4.02. The fourth-order valence-electron chi connectivity index (χ4n) is 2.58. The van der Waals surface area contributed by atoms with Crippen LogP contribution in [0.15, 0.2) is 31.0 Å². The van der Waals surface area contributed by atoms with Crippen molar-refractivity contribution in [3.8, 4) is 0 Å². The van der Waals surface area contributed by atoms with Crippen molar-refractivity contribution in [3.63, 3.8) is 0 Å². The average Bonchev–Trinajstić information content (AvgIpc) is 3.34. The zero-order valence-corrected chi connectivity index (χ0v) is 15.2. The van der Waals surface area contributed by atoms with Crippen LogP contribution in [0.25, 0.3) is 0 Å². The molecule has 3 aromatic rings. The van der Waals surface area contributed by atoms with Gasteiger partial charge in [-0.05, 0) is 20.8 Å². The first-order valence-electron chi connectivity index (χ1n) is 8.42. The Bertz CT molecular complexity index is 970. The molecule has 11 heteroatoms. The van der Waals surface area contributed by atoms with Crippen LogP contribution in [0.1, 0.15) is 31.1 Å². The molecule has 0 aromatic carbocycles. The Hall–Kier alpha value is -3.50. The van der Waals surface area contributed by atoms with Gasteiger partial charge in [0.15, 0.2) is 0 Å². The molecule has 0 aliphatic heterocycles. The molecule has 1 unspecified atom stereocenters. The maximum Gasteiger partial charge on any atom is 0.309 e. The number of rotatable bonds is 7. The summed E-state index contributed by atoms with van der Waals surface area (Å²) in [6.07, 6.45) is 8.23. The zero-order chi connectivity index (χ0) is 19.6. The van der Waals surface area contributed by atoms with Crippen molar-refractivity contribution in [2.75, 3.05) is 5.32 Å². The van der Waals surface area contributed by atoms with E-state index in [4.69, 9.17) is 0 Å². The lowest BCUT2D eigenvalue weighted by Crippen LogP contribution is -2.24. The lowest BCUT2D eigenvalue weighted by Gasteiger charge is -2.11. The molecule has 0 radical (unpaired) electrons. The molecular weight excluding hydrogens is 352 g/mol. The molecule has 0 saturated carbocycles. The summed E-state index contributed by atoms with van der Waals surface area (Å²) in [5.74, 6) is -0.342. The number of hydrogen-bond acceptors (Lipinski definition) is 6. The van der Waals surface area contributed by atoms with E-state index in [-0.39, 0.29) is 17.3 Å². The molecule has 1 atom stereocenters. The van der Waals surface area contributed by atoms with E-state index in [9.17, 15) is 14.9 Å². The van der Waals surface area contributed by atoms with E-state index in [0.29, 0.717) is 12.2 Å². The summed E-state index contributed by atoms with van der Waals surface area (Å²) in [6, 6.07) is -0.705. The van der Waals surface area contributed by atoms with Crippen molar-refractivity contribution in [3.05, 3.63) is 52.4 Å². The Morgan fingerprint density at radius 3 is 2.63 bits per heavy atom. The highest BCUT2D eigenvalue weighted by Gasteiger charge is 2.22. The molecule has 1 N–H and O–H groups in total. The summed E-state index contributed by atoms with van der Waals surface area (Å²) < 4.78 is 4.81. The minimum Gasteiger partial charge on any atom is -0.322 e. The second kappa shape index (κ2) is 7.40. The van der Waals surface area contributed by atoms with Gasteiger partial charge in [-0.25, -0.2) is 0 Å². The first-order valence-corrected chi connectivity index (χ1v) is 8.42. The molecule has 1 amide bonds. The summed E-state index contributed by atoms with van der Waals surface area (Å²) in [5.41, 5.74) is 1.69. The summed E-state index contributed by atoms with van der Waals surface area (Å²) in [7, 11) is 0. The SMILES string of the molecule is CCn1cc(Cn2cc(NC(=O)C(C)n3cc([N+](=O)[O-])c(C)n3)cn2)cn1. The summed E-state index contributed by atoms with van der Waals surface area (Å²) in [6.45, 7) is 6.49. The first kappa shape index (κ1) is 18.3. The Balaban J connectivity index is 1.64. The van der Waals surface area contributed by atoms with Gasteiger partial charge in [-0.15, -0.1) is 0 Å². The maximum atomic E-state index is 12.4. The Morgan fingerprint density at radius 2 is 2.00 bits per heavy atom. The predicted octanol–water partition coefficient (Wildman–Crippen LogP) is 1.76. The summed E-state index contributed by atoms with van der Waals surface area (Å²) >= 11 is 0. The molecule has 142 valence electrons. The summed E-state index contributed by atoms with van der Waals surface area (Å²) in [4.78, 5) is 22.8. The minimum absolute atomic E-state index is 0.116. The van der Waals surface area contributed by atoms with E-state index in [1.807, 2.05) is 17.8 Å². The van der Waals surface area contributed by atoms with E-state index in [0.717, 1.165) is 12.1 Å². The largest absolute Gasteiger partial charge is 0.322 e. The first-order chi connectivity index (χ1) is 12.9. The molecular formula is C16H20N8O3. The lowest BCUT2D eigenvalue weighted by atomic mass is 10.3. The molecule has 0 fully saturated rings. The monoisotopic (exact) mass is 372 g/mol. The molecule has 0 saturated heterocycles. The van der Waals surface area contributed by atoms with Crippen LogP contribution in [0.4, 0.5) is 11.4 Å². The Labute approximate surface area is 154 Å². The number of aryl methyl sites for hydroxylation is 2. The van der Waals surface area contributed by atoms with Crippen molar-refractivity contribution < 1.29 is 9.72 Å². The smallest absolute Gasteiger partial charge is 0.309 e. The van der Waals surface area contributed by atoms with Crippen molar-refractivity contribution in [1.29, 1.82) is 0 Å². The number of carbonyl (C=O) groups excluding carboxylic acids is 1. The van der Waals surface area contributed by atoms with Gasteiger partial charge in [0.25, 0.3) is 0 Å². The van der Waals surface area contributed by atoms with Crippen LogP contribution in [0.5, 0.6) is 0 Å². The van der Waals surface area contributed by atoms with Crippen molar-refractivity contribution in [2.24, 2.45) is 0 Å². The molecule has 3 aromatic heterocycles. The van der Waals surface area contributed by atoms with Crippen LogP contribution in [0, 0.1) is 17.0 Å². The number of hydrogen-bond donors (Lipinski definition) is 1. The van der Waals surface area contributed by atoms with E-state index >= 15 is 0 Å². The molecule has 27 heavy (non-hydrogen) atoms.